The topological polar surface area (TPSA) is 61.5 Å². The van der Waals surface area contributed by atoms with Gasteiger partial charge in [0.1, 0.15) is 5.75 Å². The highest BCUT2D eigenvalue weighted by Crippen LogP contribution is 2.20. The molecule has 0 saturated heterocycles. The molecule has 0 aliphatic heterocycles. The van der Waals surface area contributed by atoms with Crippen LogP contribution in [-0.4, -0.2) is 19.7 Å². The molecule has 0 saturated carbocycles. The van der Waals surface area contributed by atoms with Crippen molar-refractivity contribution in [2.24, 2.45) is 5.92 Å². The SMILES string of the molecule is COc1ccc(N)c(C(=O)OCCCC(C)C)c1. The third kappa shape index (κ3) is 4.28. The average Bonchev–Trinajstić information content (AvgIpc) is 2.34. The summed E-state index contributed by atoms with van der Waals surface area (Å²) in [5, 5.41) is 0. The number of nitrogen functional groups attached to an aromatic ring is 1. The van der Waals surface area contributed by atoms with E-state index in [2.05, 4.69) is 13.8 Å². The first-order chi connectivity index (χ1) is 8.54. The number of hydrogen-bond donors (Lipinski definition) is 1. The average molecular weight is 251 g/mol. The number of methoxy groups -OCH3 is 1. The molecular weight excluding hydrogens is 230 g/mol. The van der Waals surface area contributed by atoms with Crippen LogP contribution in [0.3, 0.4) is 0 Å². The van der Waals surface area contributed by atoms with Gasteiger partial charge in [-0.1, -0.05) is 13.8 Å². The second-order valence-corrected chi connectivity index (χ2v) is 4.63. The van der Waals surface area contributed by atoms with Crippen molar-refractivity contribution < 1.29 is 14.3 Å². The molecule has 2 N–H and O–H groups in total. The standard InChI is InChI=1S/C14H21NO3/c1-10(2)5-4-8-18-14(16)12-9-11(17-3)6-7-13(12)15/h6-7,9-10H,4-5,8,15H2,1-3H3. The lowest BCUT2D eigenvalue weighted by molar-refractivity contribution is 0.0495. The Labute approximate surface area is 108 Å². The number of carbonyl (C=O) groups excluding carboxylic acids is 1. The highest BCUT2D eigenvalue weighted by atomic mass is 16.5. The Kier molecular flexibility index (Phi) is 5.49. The summed E-state index contributed by atoms with van der Waals surface area (Å²) in [6, 6.07) is 4.95. The van der Waals surface area contributed by atoms with E-state index in [1.54, 1.807) is 25.3 Å². The monoisotopic (exact) mass is 251 g/mol. The zero-order valence-corrected chi connectivity index (χ0v) is 11.2. The number of carbonyl (C=O) groups is 1. The van der Waals surface area contributed by atoms with Gasteiger partial charge in [-0.15, -0.1) is 0 Å². The molecule has 0 radical (unpaired) electrons. The number of anilines is 1. The predicted molar refractivity (Wildman–Crippen MR) is 71.8 cm³/mol. The summed E-state index contributed by atoms with van der Waals surface area (Å²) in [5.74, 6) is 0.819. The van der Waals surface area contributed by atoms with Gasteiger partial charge in [0.05, 0.1) is 19.3 Å². The number of nitrogens with two attached hydrogens (primary N) is 1. The molecule has 1 aromatic carbocycles. The van der Waals surface area contributed by atoms with E-state index in [1.165, 1.54) is 0 Å². The first kappa shape index (κ1) is 14.4. The molecule has 0 fully saturated rings. The minimum Gasteiger partial charge on any atom is -0.497 e. The van der Waals surface area contributed by atoms with E-state index < -0.39 is 5.97 Å². The van der Waals surface area contributed by atoms with Crippen LogP contribution < -0.4 is 10.5 Å². The van der Waals surface area contributed by atoms with Gasteiger partial charge in [0, 0.05) is 5.69 Å². The summed E-state index contributed by atoms with van der Waals surface area (Å²) in [6.07, 6.45) is 1.91. The highest BCUT2D eigenvalue weighted by molar-refractivity contribution is 5.95. The Morgan fingerprint density at radius 2 is 2.11 bits per heavy atom. The maximum atomic E-state index is 11.8. The molecule has 0 spiro atoms. The molecule has 0 atom stereocenters. The molecule has 0 bridgehead atoms. The molecule has 4 heteroatoms. The van der Waals surface area contributed by atoms with Crippen molar-refractivity contribution in [2.75, 3.05) is 19.5 Å². The van der Waals surface area contributed by atoms with Crippen LogP contribution >= 0.6 is 0 Å². The van der Waals surface area contributed by atoms with E-state index in [9.17, 15) is 4.79 Å². The van der Waals surface area contributed by atoms with Gasteiger partial charge in [-0.05, 0) is 37.0 Å². The van der Waals surface area contributed by atoms with Gasteiger partial charge < -0.3 is 15.2 Å². The second-order valence-electron chi connectivity index (χ2n) is 4.63. The third-order valence-corrected chi connectivity index (χ3v) is 2.64. The summed E-state index contributed by atoms with van der Waals surface area (Å²) in [6.45, 7) is 4.71. The van der Waals surface area contributed by atoms with Gasteiger partial charge in [0.25, 0.3) is 0 Å². The lowest BCUT2D eigenvalue weighted by Crippen LogP contribution is -2.10. The Morgan fingerprint density at radius 1 is 1.39 bits per heavy atom. The Balaban J connectivity index is 2.55. The van der Waals surface area contributed by atoms with Crippen molar-refractivity contribution in [3.05, 3.63) is 23.8 Å². The van der Waals surface area contributed by atoms with Gasteiger partial charge in [-0.25, -0.2) is 4.79 Å². The normalized spacial score (nSPS) is 10.4. The fourth-order valence-corrected chi connectivity index (χ4v) is 1.57. The van der Waals surface area contributed by atoms with Crippen LogP contribution in [0, 0.1) is 5.92 Å². The first-order valence-corrected chi connectivity index (χ1v) is 6.15. The lowest BCUT2D eigenvalue weighted by atomic mass is 10.1. The summed E-state index contributed by atoms with van der Waals surface area (Å²) in [7, 11) is 1.54. The molecule has 0 unspecified atom stereocenters. The van der Waals surface area contributed by atoms with Crippen molar-refractivity contribution in [2.45, 2.75) is 26.7 Å². The zero-order chi connectivity index (χ0) is 13.5. The Morgan fingerprint density at radius 3 is 2.72 bits per heavy atom. The summed E-state index contributed by atoms with van der Waals surface area (Å²) in [5.41, 5.74) is 6.51. The quantitative estimate of drug-likeness (QED) is 0.480. The fourth-order valence-electron chi connectivity index (χ4n) is 1.57. The second kappa shape index (κ2) is 6.89. The predicted octanol–water partition coefficient (Wildman–Crippen LogP) is 2.87. The van der Waals surface area contributed by atoms with Crippen LogP contribution in [0.25, 0.3) is 0 Å². The van der Waals surface area contributed by atoms with Gasteiger partial charge in [0.15, 0.2) is 0 Å². The van der Waals surface area contributed by atoms with Crippen LogP contribution in [0.2, 0.25) is 0 Å². The largest absolute Gasteiger partial charge is 0.497 e. The number of rotatable bonds is 6. The van der Waals surface area contributed by atoms with Gasteiger partial charge >= 0.3 is 5.97 Å². The van der Waals surface area contributed by atoms with Gasteiger partial charge in [-0.3, -0.25) is 0 Å². The first-order valence-electron chi connectivity index (χ1n) is 6.15. The Bertz CT molecular complexity index is 402. The molecule has 0 heterocycles. The maximum absolute atomic E-state index is 11.8. The van der Waals surface area contributed by atoms with Crippen molar-refractivity contribution >= 4 is 11.7 Å². The summed E-state index contributed by atoms with van der Waals surface area (Å²) >= 11 is 0. The number of benzene rings is 1. The molecule has 1 aromatic rings. The van der Waals surface area contributed by atoms with E-state index >= 15 is 0 Å². The van der Waals surface area contributed by atoms with Crippen LogP contribution in [0.4, 0.5) is 5.69 Å². The molecule has 1 rings (SSSR count). The van der Waals surface area contributed by atoms with Crippen molar-refractivity contribution in [1.82, 2.24) is 0 Å². The summed E-state index contributed by atoms with van der Waals surface area (Å²) < 4.78 is 10.2. The molecule has 0 amide bonds. The van der Waals surface area contributed by atoms with E-state index in [-0.39, 0.29) is 0 Å². The van der Waals surface area contributed by atoms with E-state index in [0.29, 0.717) is 29.5 Å². The van der Waals surface area contributed by atoms with Gasteiger partial charge in [0.2, 0.25) is 0 Å². The van der Waals surface area contributed by atoms with Crippen molar-refractivity contribution in [1.29, 1.82) is 0 Å². The van der Waals surface area contributed by atoms with Crippen LogP contribution in [0.1, 0.15) is 37.0 Å². The number of ether oxygens (including phenoxy) is 2. The third-order valence-electron chi connectivity index (χ3n) is 2.64. The zero-order valence-electron chi connectivity index (χ0n) is 11.2. The lowest BCUT2D eigenvalue weighted by Gasteiger charge is -2.09. The van der Waals surface area contributed by atoms with Crippen LogP contribution in [-0.2, 0) is 4.74 Å². The van der Waals surface area contributed by atoms with Gasteiger partial charge in [-0.2, -0.15) is 0 Å². The van der Waals surface area contributed by atoms with E-state index in [4.69, 9.17) is 15.2 Å². The Hall–Kier alpha value is -1.71. The minimum absolute atomic E-state index is 0.360. The molecule has 0 aliphatic carbocycles. The van der Waals surface area contributed by atoms with Crippen LogP contribution in [0.5, 0.6) is 5.75 Å². The molecular formula is C14H21NO3. The number of esters is 1. The number of hydrogen-bond acceptors (Lipinski definition) is 4. The molecule has 4 nitrogen and oxygen atoms in total. The minimum atomic E-state index is -0.393. The van der Waals surface area contributed by atoms with Crippen LogP contribution in [0.15, 0.2) is 18.2 Å². The summed E-state index contributed by atoms with van der Waals surface area (Å²) in [4.78, 5) is 11.8. The molecule has 18 heavy (non-hydrogen) atoms. The smallest absolute Gasteiger partial charge is 0.340 e. The van der Waals surface area contributed by atoms with Crippen molar-refractivity contribution in [3.63, 3.8) is 0 Å². The fraction of sp³-hybridized carbons (Fsp3) is 0.500. The van der Waals surface area contributed by atoms with Crippen molar-refractivity contribution in [3.8, 4) is 5.75 Å². The maximum Gasteiger partial charge on any atom is 0.340 e. The molecule has 0 aromatic heterocycles. The van der Waals surface area contributed by atoms with E-state index in [1.807, 2.05) is 0 Å². The molecule has 100 valence electrons. The molecule has 0 aliphatic rings. The highest BCUT2D eigenvalue weighted by Gasteiger charge is 2.12. The van der Waals surface area contributed by atoms with E-state index in [0.717, 1.165) is 12.8 Å².